The van der Waals surface area contributed by atoms with Crippen molar-refractivity contribution < 1.29 is 4.79 Å². The number of urea groups is 1. The van der Waals surface area contributed by atoms with Crippen LogP contribution < -0.4 is 10.6 Å². The van der Waals surface area contributed by atoms with E-state index >= 15 is 0 Å². The van der Waals surface area contributed by atoms with Crippen LogP contribution >= 0.6 is 0 Å². The predicted octanol–water partition coefficient (Wildman–Crippen LogP) is 1.18. The molecule has 0 fully saturated rings. The highest BCUT2D eigenvalue weighted by Gasteiger charge is 2.17. The second-order valence-electron chi connectivity index (χ2n) is 5.90. The highest BCUT2D eigenvalue weighted by molar-refractivity contribution is 5.73. The van der Waals surface area contributed by atoms with Crippen molar-refractivity contribution in [2.24, 2.45) is 0 Å². The molecule has 8 heteroatoms. The number of carbonyl (C=O) groups excluding carboxylic acids is 1. The third-order valence-electron chi connectivity index (χ3n) is 4.34. The van der Waals surface area contributed by atoms with E-state index in [4.69, 9.17) is 0 Å². The quantitative estimate of drug-likeness (QED) is 0.754. The molecule has 0 saturated carbocycles. The molecule has 2 N–H and O–H groups in total. The summed E-state index contributed by atoms with van der Waals surface area (Å²) in [6.07, 6.45) is 4.01. The van der Waals surface area contributed by atoms with Crippen LogP contribution in [0.3, 0.4) is 0 Å². The largest absolute Gasteiger partial charge is 0.332 e. The zero-order valence-electron chi connectivity index (χ0n) is 13.5. The molecule has 4 rings (SSSR count). The minimum absolute atomic E-state index is 0.226. The van der Waals surface area contributed by atoms with E-state index in [2.05, 4.69) is 30.4 Å². The van der Waals surface area contributed by atoms with Crippen LogP contribution in [0.4, 0.5) is 4.79 Å². The zero-order chi connectivity index (χ0) is 16.5. The number of aryl methyl sites for hydroxylation is 2. The van der Waals surface area contributed by atoms with Gasteiger partial charge in [-0.3, -0.25) is 0 Å². The lowest BCUT2D eigenvalue weighted by atomic mass is 10.3. The van der Waals surface area contributed by atoms with Gasteiger partial charge in [0, 0.05) is 19.2 Å². The first-order valence-corrected chi connectivity index (χ1v) is 8.07. The van der Waals surface area contributed by atoms with Gasteiger partial charge >= 0.3 is 6.03 Å². The van der Waals surface area contributed by atoms with Gasteiger partial charge in [-0.25, -0.2) is 9.78 Å². The number of imidazole rings is 1. The van der Waals surface area contributed by atoms with Gasteiger partial charge in [0.1, 0.15) is 11.5 Å². The topological polar surface area (TPSA) is 89.1 Å². The van der Waals surface area contributed by atoms with Crippen LogP contribution in [0.2, 0.25) is 0 Å². The number of rotatable bonds is 4. The molecule has 0 aliphatic carbocycles. The Morgan fingerprint density at radius 3 is 3.04 bits per heavy atom. The minimum Gasteiger partial charge on any atom is -0.332 e. The lowest BCUT2D eigenvalue weighted by molar-refractivity contribution is 0.239. The monoisotopic (exact) mass is 325 g/mol. The first-order chi connectivity index (χ1) is 11.7. The van der Waals surface area contributed by atoms with E-state index in [0.29, 0.717) is 13.1 Å². The fraction of sp³-hybridized carbons (Fsp3) is 0.375. The van der Waals surface area contributed by atoms with Gasteiger partial charge in [0.25, 0.3) is 0 Å². The lowest BCUT2D eigenvalue weighted by Gasteiger charge is -2.08. The Bertz CT molecular complexity index is 895. The summed E-state index contributed by atoms with van der Waals surface area (Å²) in [6, 6.07) is 5.62. The predicted molar refractivity (Wildman–Crippen MR) is 87.3 cm³/mol. The molecule has 0 radical (unpaired) electrons. The number of fused-ring (bicyclic) bond motifs is 2. The Kier molecular flexibility index (Phi) is 3.64. The summed E-state index contributed by atoms with van der Waals surface area (Å²) in [7, 11) is 0. The van der Waals surface area contributed by atoms with Gasteiger partial charge in [-0.1, -0.05) is 6.07 Å². The summed E-state index contributed by atoms with van der Waals surface area (Å²) < 4.78 is 4.07. The first-order valence-electron chi connectivity index (χ1n) is 8.07. The molecule has 0 spiro atoms. The van der Waals surface area contributed by atoms with Crippen molar-refractivity contribution >= 4 is 11.7 Å². The van der Waals surface area contributed by atoms with Crippen molar-refractivity contribution in [3.63, 3.8) is 0 Å². The Morgan fingerprint density at radius 2 is 2.12 bits per heavy atom. The fourth-order valence-electron chi connectivity index (χ4n) is 3.10. The van der Waals surface area contributed by atoms with E-state index in [9.17, 15) is 4.79 Å². The Labute approximate surface area is 138 Å². The molecular weight excluding hydrogens is 306 g/mol. The molecule has 1 aliphatic rings. The molecule has 0 atom stereocenters. The van der Waals surface area contributed by atoms with Crippen LogP contribution in [0.1, 0.15) is 29.5 Å². The molecule has 3 aromatic rings. The van der Waals surface area contributed by atoms with Crippen molar-refractivity contribution in [2.75, 3.05) is 0 Å². The van der Waals surface area contributed by atoms with Crippen LogP contribution in [0.5, 0.6) is 0 Å². The fourth-order valence-corrected chi connectivity index (χ4v) is 3.10. The van der Waals surface area contributed by atoms with Crippen molar-refractivity contribution in [2.45, 2.75) is 39.4 Å². The Balaban J connectivity index is 1.37. The summed E-state index contributed by atoms with van der Waals surface area (Å²) in [5.41, 5.74) is 2.77. The van der Waals surface area contributed by atoms with Gasteiger partial charge in [-0.2, -0.15) is 0 Å². The second kappa shape index (κ2) is 5.95. The normalized spacial score (nSPS) is 13.2. The molecule has 124 valence electrons. The molecule has 0 bridgehead atoms. The van der Waals surface area contributed by atoms with E-state index in [1.165, 1.54) is 0 Å². The molecule has 4 heterocycles. The van der Waals surface area contributed by atoms with Crippen LogP contribution in [0.25, 0.3) is 5.65 Å². The lowest BCUT2D eigenvalue weighted by Crippen LogP contribution is -2.35. The van der Waals surface area contributed by atoms with Crippen molar-refractivity contribution in [1.82, 2.24) is 34.8 Å². The van der Waals surface area contributed by atoms with Gasteiger partial charge in [0.15, 0.2) is 5.82 Å². The van der Waals surface area contributed by atoms with E-state index in [1.54, 1.807) is 0 Å². The second-order valence-corrected chi connectivity index (χ2v) is 5.90. The average Bonchev–Trinajstić information content (AvgIpc) is 3.25. The summed E-state index contributed by atoms with van der Waals surface area (Å²) >= 11 is 0. The van der Waals surface area contributed by atoms with Crippen LogP contribution in [-0.2, 0) is 26.1 Å². The van der Waals surface area contributed by atoms with Crippen molar-refractivity contribution in [1.29, 1.82) is 0 Å². The van der Waals surface area contributed by atoms with E-state index < -0.39 is 0 Å². The molecule has 2 amide bonds. The van der Waals surface area contributed by atoms with E-state index in [-0.39, 0.29) is 6.03 Å². The number of amides is 2. The van der Waals surface area contributed by atoms with Crippen LogP contribution in [-0.4, -0.2) is 30.2 Å². The molecule has 3 aromatic heterocycles. The maximum Gasteiger partial charge on any atom is 0.315 e. The third kappa shape index (κ3) is 2.60. The van der Waals surface area contributed by atoms with Crippen molar-refractivity contribution in [3.8, 4) is 0 Å². The highest BCUT2D eigenvalue weighted by atomic mass is 16.2. The Hall–Kier alpha value is -2.90. The van der Waals surface area contributed by atoms with Gasteiger partial charge in [-0.05, 0) is 25.5 Å². The SMILES string of the molecule is Cc1nc2ccccn2c1CNC(=O)NCc1nnc2n1CCC2. The van der Waals surface area contributed by atoms with E-state index in [1.807, 2.05) is 35.7 Å². The standard InChI is InChI=1S/C16H19N7O/c1-11-12(22-7-3-2-5-13(22)19-11)9-17-16(24)18-10-15-21-20-14-6-4-8-23(14)15/h2-3,5,7H,4,6,8-10H2,1H3,(H2,17,18,24). The third-order valence-corrected chi connectivity index (χ3v) is 4.34. The van der Waals surface area contributed by atoms with Gasteiger partial charge < -0.3 is 19.6 Å². The van der Waals surface area contributed by atoms with Gasteiger partial charge in [0.05, 0.1) is 24.5 Å². The molecule has 0 saturated heterocycles. The van der Waals surface area contributed by atoms with Gasteiger partial charge in [-0.15, -0.1) is 10.2 Å². The van der Waals surface area contributed by atoms with Gasteiger partial charge in [0.2, 0.25) is 0 Å². The molecular formula is C16H19N7O. The molecule has 24 heavy (non-hydrogen) atoms. The molecule has 1 aliphatic heterocycles. The number of nitrogens with one attached hydrogen (secondary N) is 2. The highest BCUT2D eigenvalue weighted by Crippen LogP contribution is 2.14. The summed E-state index contributed by atoms with van der Waals surface area (Å²) in [5.74, 6) is 1.82. The van der Waals surface area contributed by atoms with Crippen molar-refractivity contribution in [3.05, 3.63) is 47.4 Å². The van der Waals surface area contributed by atoms with Crippen LogP contribution in [0, 0.1) is 6.92 Å². The summed E-state index contributed by atoms with van der Waals surface area (Å²) in [6.45, 7) is 3.68. The number of nitrogens with zero attached hydrogens (tertiary/aromatic N) is 5. The molecule has 0 aromatic carbocycles. The maximum absolute atomic E-state index is 12.1. The summed E-state index contributed by atoms with van der Waals surface area (Å²) in [5, 5.41) is 14.0. The smallest absolute Gasteiger partial charge is 0.315 e. The number of pyridine rings is 1. The minimum atomic E-state index is -0.226. The van der Waals surface area contributed by atoms with Crippen LogP contribution in [0.15, 0.2) is 24.4 Å². The first kappa shape index (κ1) is 14.7. The number of aromatic nitrogens is 5. The molecule has 8 nitrogen and oxygen atoms in total. The molecule has 0 unspecified atom stereocenters. The number of carbonyl (C=O) groups is 1. The number of hydrogen-bond acceptors (Lipinski definition) is 4. The number of hydrogen-bond donors (Lipinski definition) is 2. The maximum atomic E-state index is 12.1. The zero-order valence-corrected chi connectivity index (χ0v) is 13.5. The average molecular weight is 325 g/mol. The summed E-state index contributed by atoms with van der Waals surface area (Å²) in [4.78, 5) is 16.6. The van der Waals surface area contributed by atoms with E-state index in [0.717, 1.165) is 48.1 Å². The Morgan fingerprint density at radius 1 is 1.25 bits per heavy atom.